The molecule has 0 saturated carbocycles. The molecule has 0 aromatic heterocycles. The maximum absolute atomic E-state index is 12.8. The Morgan fingerprint density at radius 2 is 1.85 bits per heavy atom. The zero-order valence-electron chi connectivity index (χ0n) is 15.8. The lowest BCUT2D eigenvalue weighted by Crippen LogP contribution is -2.47. The molecule has 0 aliphatic carbocycles. The molecule has 1 fully saturated rings. The molecule has 2 heterocycles. The molecule has 0 radical (unpaired) electrons. The Hall–Kier alpha value is -2.89. The summed E-state index contributed by atoms with van der Waals surface area (Å²) in [7, 11) is 0. The topological polar surface area (TPSA) is 66.3 Å². The summed E-state index contributed by atoms with van der Waals surface area (Å²) < 4.78 is 5.61. The van der Waals surface area contributed by atoms with Gasteiger partial charge in [0.1, 0.15) is 17.3 Å². The monoisotopic (exact) mass is 364 g/mol. The highest BCUT2D eigenvalue weighted by molar-refractivity contribution is 5.73. The van der Waals surface area contributed by atoms with Crippen molar-refractivity contribution < 1.29 is 9.53 Å². The Kier molecular flexibility index (Phi) is 4.13. The van der Waals surface area contributed by atoms with Crippen molar-refractivity contribution in [1.29, 1.82) is 0 Å². The lowest BCUT2D eigenvalue weighted by atomic mass is 9.90. The van der Waals surface area contributed by atoms with Gasteiger partial charge in [0.05, 0.1) is 5.69 Å². The molecule has 2 atom stereocenters. The van der Waals surface area contributed by atoms with E-state index in [1.54, 1.807) is 4.90 Å². The minimum absolute atomic E-state index is 0.308. The van der Waals surface area contributed by atoms with Gasteiger partial charge in [0, 0.05) is 24.2 Å². The van der Waals surface area contributed by atoms with Crippen molar-refractivity contribution in [2.45, 2.75) is 44.5 Å². The molecule has 4 rings (SSSR count). The van der Waals surface area contributed by atoms with Crippen LogP contribution in [0, 0.1) is 0 Å². The summed E-state index contributed by atoms with van der Waals surface area (Å²) in [6.45, 7) is 6.19. The van der Waals surface area contributed by atoms with E-state index in [-0.39, 0.29) is 12.3 Å². The second-order valence-corrected chi connectivity index (χ2v) is 7.98. The number of nitrogens with zero attached hydrogens (tertiary/aromatic N) is 3. The maximum atomic E-state index is 12.8. The van der Waals surface area contributed by atoms with Gasteiger partial charge < -0.3 is 10.1 Å². The van der Waals surface area contributed by atoms with Crippen molar-refractivity contribution in [2.75, 3.05) is 11.9 Å². The Labute approximate surface area is 159 Å². The van der Waals surface area contributed by atoms with Crippen molar-refractivity contribution in [2.24, 2.45) is 10.2 Å². The average Bonchev–Trinajstić information content (AvgIpc) is 3.13. The number of amides is 1. The molecule has 1 saturated heterocycles. The first kappa shape index (κ1) is 17.5. The summed E-state index contributed by atoms with van der Waals surface area (Å²) in [4.78, 5) is 14.5. The van der Waals surface area contributed by atoms with Crippen LogP contribution in [0.25, 0.3) is 0 Å². The van der Waals surface area contributed by atoms with Gasteiger partial charge in [-0.15, -0.1) is 0 Å². The second kappa shape index (κ2) is 6.37. The van der Waals surface area contributed by atoms with Gasteiger partial charge in [0.2, 0.25) is 0 Å². The molecule has 140 valence electrons. The predicted octanol–water partition coefficient (Wildman–Crippen LogP) is 5.06. The molecule has 0 bridgehead atoms. The highest BCUT2D eigenvalue weighted by Gasteiger charge is 2.56. The van der Waals surface area contributed by atoms with Crippen molar-refractivity contribution in [3.05, 3.63) is 60.2 Å². The van der Waals surface area contributed by atoms with Gasteiger partial charge in [-0.3, -0.25) is 4.90 Å². The van der Waals surface area contributed by atoms with Crippen molar-refractivity contribution in [3.63, 3.8) is 0 Å². The van der Waals surface area contributed by atoms with Gasteiger partial charge in [-0.25, -0.2) is 4.79 Å². The normalized spacial score (nSPS) is 23.8. The third-order valence-electron chi connectivity index (χ3n) is 4.91. The first-order valence-electron chi connectivity index (χ1n) is 9.23. The summed E-state index contributed by atoms with van der Waals surface area (Å²) >= 11 is 0. The number of likely N-dealkylation sites (tertiary alicyclic amines) is 1. The van der Waals surface area contributed by atoms with Crippen LogP contribution in [0.3, 0.4) is 0 Å². The van der Waals surface area contributed by atoms with E-state index in [1.165, 1.54) is 0 Å². The number of carbonyl (C=O) groups is 1. The summed E-state index contributed by atoms with van der Waals surface area (Å²) in [5.41, 5.74) is 1.71. The largest absolute Gasteiger partial charge is 0.444 e. The number of anilines is 1. The van der Waals surface area contributed by atoms with Gasteiger partial charge in [0.25, 0.3) is 0 Å². The Bertz CT molecular complexity index is 875. The molecular formula is C21H24N4O2. The molecule has 2 aliphatic heterocycles. The van der Waals surface area contributed by atoms with Crippen LogP contribution in [0.5, 0.6) is 0 Å². The fourth-order valence-corrected chi connectivity index (χ4v) is 3.75. The van der Waals surface area contributed by atoms with Crippen molar-refractivity contribution >= 4 is 17.5 Å². The Balaban J connectivity index is 1.70. The van der Waals surface area contributed by atoms with E-state index in [4.69, 9.17) is 9.85 Å². The first-order chi connectivity index (χ1) is 12.9. The third kappa shape index (κ3) is 3.16. The first-order valence-corrected chi connectivity index (χ1v) is 9.23. The van der Waals surface area contributed by atoms with Crippen LogP contribution in [-0.4, -0.2) is 29.3 Å². The lowest BCUT2D eigenvalue weighted by Gasteiger charge is -2.30. The Morgan fingerprint density at radius 1 is 1.15 bits per heavy atom. The van der Waals surface area contributed by atoms with Gasteiger partial charge in [0.15, 0.2) is 0 Å². The minimum Gasteiger partial charge on any atom is -0.444 e. The standard InChI is InChI=1S/C21H24N4O2/c1-20(2,3)27-19(26)25-14-13-21(24-23-15-9-5-4-6-10-15)16-11-7-8-12-17(16)22-18(21)25/h4-12,18,22H,13-14H2,1-3H3/t18-,21+/m0/s1. The number of hydrogen-bond donors (Lipinski definition) is 1. The van der Waals surface area contributed by atoms with Crippen LogP contribution in [0.15, 0.2) is 64.8 Å². The number of ether oxygens (including phenoxy) is 1. The quantitative estimate of drug-likeness (QED) is 0.758. The number of benzene rings is 2. The predicted molar refractivity (Wildman–Crippen MR) is 104 cm³/mol. The number of hydrogen-bond acceptors (Lipinski definition) is 5. The summed E-state index contributed by atoms with van der Waals surface area (Å²) in [6.07, 6.45) is 0.0545. The molecule has 27 heavy (non-hydrogen) atoms. The van der Waals surface area contributed by atoms with Gasteiger partial charge in [-0.05, 0) is 39.0 Å². The molecule has 0 spiro atoms. The highest BCUT2D eigenvalue weighted by Crippen LogP contribution is 2.50. The molecular weight excluding hydrogens is 340 g/mol. The van der Waals surface area contributed by atoms with Crippen LogP contribution in [-0.2, 0) is 10.3 Å². The fraction of sp³-hybridized carbons (Fsp3) is 0.381. The van der Waals surface area contributed by atoms with E-state index in [9.17, 15) is 4.79 Å². The third-order valence-corrected chi connectivity index (χ3v) is 4.91. The molecule has 0 unspecified atom stereocenters. The van der Waals surface area contributed by atoms with E-state index in [1.807, 2.05) is 69.3 Å². The molecule has 2 aromatic carbocycles. The van der Waals surface area contributed by atoms with Crippen LogP contribution in [0.4, 0.5) is 16.2 Å². The van der Waals surface area contributed by atoms with E-state index in [0.29, 0.717) is 13.0 Å². The number of para-hydroxylation sites is 1. The van der Waals surface area contributed by atoms with Crippen molar-refractivity contribution in [1.82, 2.24) is 4.90 Å². The number of azo groups is 1. The Morgan fingerprint density at radius 3 is 2.59 bits per heavy atom. The average molecular weight is 364 g/mol. The van der Waals surface area contributed by atoms with Crippen molar-refractivity contribution in [3.8, 4) is 0 Å². The van der Waals surface area contributed by atoms with Crippen LogP contribution in [0.1, 0.15) is 32.8 Å². The molecule has 6 nitrogen and oxygen atoms in total. The molecule has 1 amide bonds. The SMILES string of the molecule is CC(C)(C)OC(=O)N1CC[C@@]2(N=Nc3ccccc3)c3ccccc3N[C@@H]12. The molecule has 2 aromatic rings. The van der Waals surface area contributed by atoms with Crippen LogP contribution >= 0.6 is 0 Å². The molecule has 6 heteroatoms. The highest BCUT2D eigenvalue weighted by atomic mass is 16.6. The summed E-state index contributed by atoms with van der Waals surface area (Å²) in [6, 6.07) is 17.7. The van der Waals surface area contributed by atoms with Gasteiger partial charge in [-0.2, -0.15) is 10.2 Å². The zero-order chi connectivity index (χ0) is 19.1. The maximum Gasteiger partial charge on any atom is 0.412 e. The van der Waals surface area contributed by atoms with Gasteiger partial charge in [-0.1, -0.05) is 36.4 Å². The summed E-state index contributed by atoms with van der Waals surface area (Å²) in [5, 5.41) is 12.7. The minimum atomic E-state index is -0.608. The number of nitrogens with one attached hydrogen (secondary N) is 1. The number of fused-ring (bicyclic) bond motifs is 3. The second-order valence-electron chi connectivity index (χ2n) is 7.98. The molecule has 2 aliphatic rings. The lowest BCUT2D eigenvalue weighted by molar-refractivity contribution is 0.0226. The fourth-order valence-electron chi connectivity index (χ4n) is 3.75. The van der Waals surface area contributed by atoms with E-state index in [0.717, 1.165) is 16.9 Å². The number of carbonyl (C=O) groups excluding carboxylic acids is 1. The molecule has 1 N–H and O–H groups in total. The van der Waals surface area contributed by atoms with Gasteiger partial charge >= 0.3 is 6.09 Å². The zero-order valence-corrected chi connectivity index (χ0v) is 15.8. The van der Waals surface area contributed by atoms with E-state index >= 15 is 0 Å². The van der Waals surface area contributed by atoms with Crippen LogP contribution in [0.2, 0.25) is 0 Å². The summed E-state index contributed by atoms with van der Waals surface area (Å²) in [5.74, 6) is 0. The smallest absolute Gasteiger partial charge is 0.412 e. The van der Waals surface area contributed by atoms with E-state index in [2.05, 4.69) is 16.5 Å². The number of rotatable bonds is 2. The van der Waals surface area contributed by atoms with Crippen LogP contribution < -0.4 is 5.32 Å². The van der Waals surface area contributed by atoms with E-state index < -0.39 is 11.1 Å².